The molecule has 8 nitrogen and oxygen atoms in total. The van der Waals surface area contributed by atoms with Crippen molar-refractivity contribution in [3.63, 3.8) is 0 Å². The van der Waals surface area contributed by atoms with Gasteiger partial charge in [0.15, 0.2) is 5.17 Å². The molecule has 1 saturated carbocycles. The molecule has 10 heteroatoms. The molecule has 2 aromatic carbocycles. The Morgan fingerprint density at radius 3 is 2.45 bits per heavy atom. The van der Waals surface area contributed by atoms with Crippen LogP contribution in [0.4, 0.5) is 0 Å². The van der Waals surface area contributed by atoms with Crippen molar-refractivity contribution in [2.75, 3.05) is 14.2 Å². The number of rotatable bonds is 8. The lowest BCUT2D eigenvalue weighted by Crippen LogP contribution is -2.38. The average molecular weight is 612 g/mol. The minimum atomic E-state index is -1.01. The van der Waals surface area contributed by atoms with Gasteiger partial charge in [-0.15, -0.1) is 0 Å². The summed E-state index contributed by atoms with van der Waals surface area (Å²) in [5.74, 6) is 0.181. The maximum atomic E-state index is 13.9. The number of ether oxygens (including phenoxy) is 2. The molecule has 3 aromatic rings. The van der Waals surface area contributed by atoms with Crippen LogP contribution in [0.25, 0.3) is 10.9 Å². The number of hydrogen-bond acceptors (Lipinski definition) is 6. The summed E-state index contributed by atoms with van der Waals surface area (Å²) >= 11 is 8.08. The molecule has 1 amide bonds. The second-order valence-corrected chi connectivity index (χ2v) is 12.8. The zero-order chi connectivity index (χ0) is 30.2. The van der Waals surface area contributed by atoms with Crippen LogP contribution in [0.3, 0.4) is 0 Å². The van der Waals surface area contributed by atoms with Crippen molar-refractivity contribution in [1.29, 1.82) is 0 Å². The molecule has 1 fully saturated rings. The summed E-state index contributed by atoms with van der Waals surface area (Å²) in [6.07, 6.45) is 6.42. The number of hydrogen-bond donors (Lipinski definition) is 2. The maximum Gasteiger partial charge on any atom is 0.323 e. The number of thioether (sulfide) groups is 1. The van der Waals surface area contributed by atoms with E-state index in [-0.39, 0.29) is 17.7 Å². The monoisotopic (exact) mass is 611 g/mol. The van der Waals surface area contributed by atoms with Crippen molar-refractivity contribution in [2.45, 2.75) is 76.6 Å². The van der Waals surface area contributed by atoms with E-state index < -0.39 is 11.5 Å². The summed E-state index contributed by atoms with van der Waals surface area (Å²) in [4.78, 5) is 31.0. The highest BCUT2D eigenvalue weighted by Gasteiger charge is 2.50. The van der Waals surface area contributed by atoms with Gasteiger partial charge < -0.3 is 19.1 Å². The fourth-order valence-electron chi connectivity index (χ4n) is 6.82. The average Bonchev–Trinajstić information content (AvgIpc) is 3.51. The molecular formula is C32H38ClN3O5S. The number of amidine groups is 1. The number of aliphatic carboxylic acids is 1. The number of carbonyl (C=O) groups is 2. The van der Waals surface area contributed by atoms with Crippen LogP contribution >= 0.6 is 23.4 Å². The largest absolute Gasteiger partial charge is 0.496 e. The number of carboxylic acids is 1. The van der Waals surface area contributed by atoms with Gasteiger partial charge in [-0.1, -0.05) is 61.2 Å². The quantitative estimate of drug-likeness (QED) is 0.282. The Hall–Kier alpha value is -3.17. The molecule has 1 aliphatic heterocycles. The Morgan fingerprint density at radius 2 is 1.81 bits per heavy atom. The van der Waals surface area contributed by atoms with Gasteiger partial charge in [0, 0.05) is 22.3 Å². The zero-order valence-electron chi connectivity index (χ0n) is 24.8. The summed E-state index contributed by atoms with van der Waals surface area (Å²) in [7, 11) is 3.21. The van der Waals surface area contributed by atoms with Gasteiger partial charge in [-0.2, -0.15) is 0 Å². The second-order valence-electron chi connectivity index (χ2n) is 11.3. The highest BCUT2D eigenvalue weighted by atomic mass is 35.5. The molecule has 0 radical (unpaired) electrons. The third-order valence-electron chi connectivity index (χ3n) is 8.64. The predicted molar refractivity (Wildman–Crippen MR) is 168 cm³/mol. The smallest absolute Gasteiger partial charge is 0.323 e. The number of carboxylic acid groups (broad SMARTS) is 1. The molecule has 224 valence electrons. The molecule has 0 saturated heterocycles. The van der Waals surface area contributed by atoms with Crippen LogP contribution in [0.2, 0.25) is 5.02 Å². The van der Waals surface area contributed by atoms with Crippen molar-refractivity contribution in [3.05, 3.63) is 57.7 Å². The number of nitrogens with one attached hydrogen (secondary N) is 1. The molecule has 2 heterocycles. The molecule has 1 aromatic heterocycles. The first-order valence-corrected chi connectivity index (χ1v) is 15.7. The molecule has 0 spiro atoms. The number of nitrogens with zero attached hydrogens (tertiary/aromatic N) is 2. The Kier molecular flexibility index (Phi) is 8.81. The molecular weight excluding hydrogens is 574 g/mol. The number of aromatic nitrogens is 1. The number of benzene rings is 2. The first-order chi connectivity index (χ1) is 20.1. The van der Waals surface area contributed by atoms with E-state index in [9.17, 15) is 14.7 Å². The van der Waals surface area contributed by atoms with Crippen molar-refractivity contribution >= 4 is 51.3 Å². The van der Waals surface area contributed by atoms with Crippen molar-refractivity contribution in [2.24, 2.45) is 10.9 Å². The van der Waals surface area contributed by atoms with Crippen LogP contribution < -0.4 is 14.8 Å². The lowest BCUT2D eigenvalue weighted by molar-refractivity contribution is -0.137. The summed E-state index contributed by atoms with van der Waals surface area (Å²) in [5.41, 5.74) is 3.20. The molecule has 0 bridgehead atoms. The van der Waals surface area contributed by atoms with E-state index in [1.807, 2.05) is 32.0 Å². The third kappa shape index (κ3) is 5.49. The Bertz CT molecular complexity index is 1560. The lowest BCUT2D eigenvalue weighted by atomic mass is 9.74. The van der Waals surface area contributed by atoms with Crippen LogP contribution in [0, 0.1) is 19.8 Å². The standard InChI is InChI=1S/C32H38ClN3O5S/c1-6-32(22-15-26(41-5)23(33)16-25(22)40-4)29(20-10-8-7-9-11-20)42-31(35-32)34-30(39)24-14-21-13-18(2)12-19(3)28(21)36(24)17-27(37)38/h12-16,20,29H,6-11,17H2,1-5H3,(H,37,38)(H,34,35,39). The number of amides is 1. The van der Waals surface area contributed by atoms with Crippen molar-refractivity contribution in [1.82, 2.24) is 9.88 Å². The van der Waals surface area contributed by atoms with Gasteiger partial charge in [-0.05, 0) is 62.8 Å². The minimum absolute atomic E-state index is 0.0626. The topological polar surface area (TPSA) is 102 Å². The first kappa shape index (κ1) is 30.3. The van der Waals surface area contributed by atoms with Crippen molar-refractivity contribution in [3.8, 4) is 11.5 Å². The number of fused-ring (bicyclic) bond motifs is 1. The molecule has 2 N–H and O–H groups in total. The first-order valence-electron chi connectivity index (χ1n) is 14.4. The second kappa shape index (κ2) is 12.2. The Morgan fingerprint density at radius 1 is 1.10 bits per heavy atom. The molecule has 2 unspecified atom stereocenters. The van der Waals surface area contributed by atoms with Crippen LogP contribution in [0.1, 0.15) is 72.6 Å². The molecule has 42 heavy (non-hydrogen) atoms. The van der Waals surface area contributed by atoms with Gasteiger partial charge in [0.05, 0.1) is 24.8 Å². The highest BCUT2D eigenvalue weighted by molar-refractivity contribution is 8.14. The summed E-state index contributed by atoms with van der Waals surface area (Å²) < 4.78 is 13.0. The van der Waals surface area contributed by atoms with E-state index in [1.54, 1.807) is 42.7 Å². The van der Waals surface area contributed by atoms with E-state index in [2.05, 4.69) is 12.2 Å². The number of carbonyl (C=O) groups excluding carboxylic acids is 1. The van der Waals surface area contributed by atoms with Gasteiger partial charge in [-0.25, -0.2) is 4.99 Å². The number of methoxy groups -OCH3 is 2. The fraction of sp³-hybridized carbons (Fsp3) is 0.469. The third-order valence-corrected chi connectivity index (χ3v) is 10.4. The molecule has 2 aliphatic rings. The SMILES string of the molecule is CCC1(c2cc(OC)c(Cl)cc2OC)N=C(NC(=O)c2cc3cc(C)cc(C)c3n2CC(=O)O)SC1C1CCCCC1. The fourth-order valence-corrected chi connectivity index (χ4v) is 8.66. The summed E-state index contributed by atoms with van der Waals surface area (Å²) in [5, 5.41) is 14.6. The lowest BCUT2D eigenvalue weighted by Gasteiger charge is -2.39. The number of aliphatic imine (C=N–C) groups is 1. The van der Waals surface area contributed by atoms with Gasteiger partial charge in [0.1, 0.15) is 29.3 Å². The van der Waals surface area contributed by atoms with E-state index in [1.165, 1.54) is 19.3 Å². The molecule has 1 aliphatic carbocycles. The molecule has 5 rings (SSSR count). The van der Waals surface area contributed by atoms with Gasteiger partial charge in [0.25, 0.3) is 5.91 Å². The number of aryl methyl sites for hydroxylation is 2. The van der Waals surface area contributed by atoms with E-state index in [4.69, 9.17) is 26.1 Å². The van der Waals surface area contributed by atoms with E-state index >= 15 is 0 Å². The molecule has 2 atom stereocenters. The summed E-state index contributed by atoms with van der Waals surface area (Å²) in [6.45, 7) is 5.72. The van der Waals surface area contributed by atoms with Crippen LogP contribution in [-0.2, 0) is 16.9 Å². The minimum Gasteiger partial charge on any atom is -0.496 e. The van der Waals surface area contributed by atoms with Crippen molar-refractivity contribution < 1.29 is 24.2 Å². The van der Waals surface area contributed by atoms with Gasteiger partial charge in [0.2, 0.25) is 0 Å². The van der Waals surface area contributed by atoms with Crippen LogP contribution in [0.15, 0.2) is 35.3 Å². The zero-order valence-corrected chi connectivity index (χ0v) is 26.3. The van der Waals surface area contributed by atoms with E-state index in [0.717, 1.165) is 40.4 Å². The van der Waals surface area contributed by atoms with Gasteiger partial charge in [-0.3, -0.25) is 14.9 Å². The predicted octanol–water partition coefficient (Wildman–Crippen LogP) is 7.10. The van der Waals surface area contributed by atoms with Crippen LogP contribution in [0.5, 0.6) is 11.5 Å². The Balaban J connectivity index is 1.59. The van der Waals surface area contributed by atoms with Gasteiger partial charge >= 0.3 is 5.97 Å². The normalized spacial score (nSPS) is 20.9. The Labute approximate surface area is 255 Å². The van der Waals surface area contributed by atoms with E-state index in [0.29, 0.717) is 39.7 Å². The van der Waals surface area contributed by atoms with Crippen LogP contribution in [-0.4, -0.2) is 46.2 Å². The maximum absolute atomic E-state index is 13.9. The number of halogens is 1. The highest BCUT2D eigenvalue weighted by Crippen LogP contribution is 2.54. The summed E-state index contributed by atoms with van der Waals surface area (Å²) in [6, 6.07) is 9.44.